The van der Waals surface area contributed by atoms with E-state index in [1.54, 1.807) is 38.5 Å². The molecule has 0 amide bonds. The molecule has 2 aromatic carbocycles. The van der Waals surface area contributed by atoms with Crippen molar-refractivity contribution in [3.8, 4) is 11.5 Å². The molecule has 1 heterocycles. The fourth-order valence-electron chi connectivity index (χ4n) is 2.20. The summed E-state index contributed by atoms with van der Waals surface area (Å²) in [5.74, 6) is 0.380. The SMILES string of the molecule is COc1cc(C=C2N=C(c3ccc(F)cc3)OC2=O)cc(OC)c1. The molecule has 0 bridgehead atoms. The maximum atomic E-state index is 13.0. The van der Waals surface area contributed by atoms with Crippen LogP contribution in [0, 0.1) is 5.82 Å². The van der Waals surface area contributed by atoms with Gasteiger partial charge in [0.2, 0.25) is 5.90 Å². The second kappa shape index (κ2) is 6.54. The number of aliphatic imine (C=N–C) groups is 1. The van der Waals surface area contributed by atoms with Crippen LogP contribution in [0.25, 0.3) is 6.08 Å². The summed E-state index contributed by atoms with van der Waals surface area (Å²) < 4.78 is 28.5. The van der Waals surface area contributed by atoms with Gasteiger partial charge in [0.1, 0.15) is 17.3 Å². The number of carbonyl (C=O) groups excluding carboxylic acids is 1. The quantitative estimate of drug-likeness (QED) is 0.639. The Balaban J connectivity index is 1.95. The maximum Gasteiger partial charge on any atom is 0.363 e. The lowest BCUT2D eigenvalue weighted by molar-refractivity contribution is -0.129. The van der Waals surface area contributed by atoms with E-state index in [0.717, 1.165) is 0 Å². The van der Waals surface area contributed by atoms with E-state index in [2.05, 4.69) is 4.99 Å². The molecule has 0 fully saturated rings. The molecule has 2 aromatic rings. The summed E-state index contributed by atoms with van der Waals surface area (Å²) in [5.41, 5.74) is 1.35. The first-order chi connectivity index (χ1) is 11.6. The van der Waals surface area contributed by atoms with Crippen molar-refractivity contribution >= 4 is 17.9 Å². The molecule has 0 spiro atoms. The van der Waals surface area contributed by atoms with E-state index < -0.39 is 5.97 Å². The number of methoxy groups -OCH3 is 2. The number of benzene rings is 2. The highest BCUT2D eigenvalue weighted by atomic mass is 19.1. The smallest absolute Gasteiger partial charge is 0.363 e. The average molecular weight is 327 g/mol. The molecule has 1 aliphatic heterocycles. The van der Waals surface area contributed by atoms with Crippen molar-refractivity contribution in [1.82, 2.24) is 0 Å². The molecule has 1 aliphatic rings. The van der Waals surface area contributed by atoms with Crippen molar-refractivity contribution in [3.05, 3.63) is 65.1 Å². The first-order valence-electron chi connectivity index (χ1n) is 7.10. The van der Waals surface area contributed by atoms with Crippen molar-refractivity contribution in [2.45, 2.75) is 0 Å². The lowest BCUT2D eigenvalue weighted by atomic mass is 10.1. The lowest BCUT2D eigenvalue weighted by Gasteiger charge is -2.05. The Bertz CT molecular complexity index is 818. The van der Waals surface area contributed by atoms with Gasteiger partial charge in [0.15, 0.2) is 5.70 Å². The number of esters is 1. The van der Waals surface area contributed by atoms with E-state index in [9.17, 15) is 9.18 Å². The van der Waals surface area contributed by atoms with Crippen LogP contribution < -0.4 is 9.47 Å². The van der Waals surface area contributed by atoms with Gasteiger partial charge in [-0.05, 0) is 48.0 Å². The monoisotopic (exact) mass is 327 g/mol. The van der Waals surface area contributed by atoms with Gasteiger partial charge < -0.3 is 14.2 Å². The Kier molecular flexibility index (Phi) is 4.29. The highest BCUT2D eigenvalue weighted by Crippen LogP contribution is 2.26. The third-order valence-electron chi connectivity index (χ3n) is 3.39. The number of carbonyl (C=O) groups is 1. The predicted molar refractivity (Wildman–Crippen MR) is 86.6 cm³/mol. The Morgan fingerprint density at radius 1 is 1.04 bits per heavy atom. The molecule has 0 atom stereocenters. The number of ether oxygens (including phenoxy) is 3. The second-order valence-electron chi connectivity index (χ2n) is 4.99. The summed E-state index contributed by atoms with van der Waals surface area (Å²) in [5, 5.41) is 0. The van der Waals surface area contributed by atoms with Crippen molar-refractivity contribution in [2.24, 2.45) is 4.99 Å². The molecule has 0 N–H and O–H groups in total. The van der Waals surface area contributed by atoms with E-state index in [1.165, 1.54) is 24.3 Å². The van der Waals surface area contributed by atoms with Crippen LogP contribution in [-0.2, 0) is 9.53 Å². The summed E-state index contributed by atoms with van der Waals surface area (Å²) in [4.78, 5) is 16.2. The topological polar surface area (TPSA) is 57.1 Å². The number of hydrogen-bond acceptors (Lipinski definition) is 5. The van der Waals surface area contributed by atoms with Crippen molar-refractivity contribution < 1.29 is 23.4 Å². The zero-order chi connectivity index (χ0) is 17.1. The van der Waals surface area contributed by atoms with Crippen LogP contribution in [-0.4, -0.2) is 26.1 Å². The first kappa shape index (κ1) is 15.7. The minimum atomic E-state index is -0.573. The zero-order valence-electron chi connectivity index (χ0n) is 13.1. The molecule has 0 saturated carbocycles. The summed E-state index contributed by atoms with van der Waals surface area (Å²) in [6.45, 7) is 0. The van der Waals surface area contributed by atoms with Crippen LogP contribution in [0.15, 0.2) is 53.2 Å². The van der Waals surface area contributed by atoms with Gasteiger partial charge in [-0.3, -0.25) is 0 Å². The van der Waals surface area contributed by atoms with Crippen LogP contribution in [0.4, 0.5) is 4.39 Å². The number of cyclic esters (lactones) is 1. The van der Waals surface area contributed by atoms with Crippen molar-refractivity contribution in [2.75, 3.05) is 14.2 Å². The van der Waals surface area contributed by atoms with Crippen molar-refractivity contribution in [3.63, 3.8) is 0 Å². The molecule has 24 heavy (non-hydrogen) atoms. The first-order valence-corrected chi connectivity index (χ1v) is 7.10. The summed E-state index contributed by atoms with van der Waals surface area (Å²) in [6.07, 6.45) is 1.57. The van der Waals surface area contributed by atoms with Crippen LogP contribution >= 0.6 is 0 Å². The number of halogens is 1. The third kappa shape index (κ3) is 3.27. The molecule has 5 nitrogen and oxygen atoms in total. The van der Waals surface area contributed by atoms with Crippen LogP contribution in [0.2, 0.25) is 0 Å². The molecular formula is C18H14FNO4. The van der Waals surface area contributed by atoms with Gasteiger partial charge in [-0.15, -0.1) is 0 Å². The average Bonchev–Trinajstić information content (AvgIpc) is 2.95. The Hall–Kier alpha value is -3.15. The number of hydrogen-bond donors (Lipinski definition) is 0. The molecule has 122 valence electrons. The van der Waals surface area contributed by atoms with Crippen molar-refractivity contribution in [1.29, 1.82) is 0 Å². The van der Waals surface area contributed by atoms with Gasteiger partial charge >= 0.3 is 5.97 Å². The molecule has 6 heteroatoms. The Morgan fingerprint density at radius 3 is 2.25 bits per heavy atom. The lowest BCUT2D eigenvalue weighted by Crippen LogP contribution is -2.05. The van der Waals surface area contributed by atoms with E-state index in [1.807, 2.05) is 0 Å². The molecule has 0 unspecified atom stereocenters. The molecule has 3 rings (SSSR count). The van der Waals surface area contributed by atoms with E-state index >= 15 is 0 Å². The van der Waals surface area contributed by atoms with Gasteiger partial charge in [0.05, 0.1) is 14.2 Å². The minimum absolute atomic E-state index is 0.140. The predicted octanol–water partition coefficient (Wildman–Crippen LogP) is 3.19. The van der Waals surface area contributed by atoms with Crippen LogP contribution in [0.3, 0.4) is 0 Å². The standard InChI is InChI=1S/C18H14FNO4/c1-22-14-7-11(8-15(10-14)23-2)9-16-18(21)24-17(20-16)12-3-5-13(19)6-4-12/h3-10H,1-2H3. The van der Waals surface area contributed by atoms with Gasteiger partial charge in [-0.1, -0.05) is 0 Å². The minimum Gasteiger partial charge on any atom is -0.497 e. The molecule has 0 radical (unpaired) electrons. The van der Waals surface area contributed by atoms with Crippen LogP contribution in [0.5, 0.6) is 11.5 Å². The summed E-state index contributed by atoms with van der Waals surface area (Å²) in [6, 6.07) is 10.8. The van der Waals surface area contributed by atoms with E-state index in [-0.39, 0.29) is 17.4 Å². The van der Waals surface area contributed by atoms with E-state index in [0.29, 0.717) is 22.6 Å². The highest BCUT2D eigenvalue weighted by Gasteiger charge is 2.24. The molecule has 0 aromatic heterocycles. The Labute approximate surface area is 138 Å². The largest absolute Gasteiger partial charge is 0.497 e. The number of rotatable bonds is 4. The van der Waals surface area contributed by atoms with Gasteiger partial charge in [0.25, 0.3) is 0 Å². The van der Waals surface area contributed by atoms with Gasteiger partial charge in [-0.2, -0.15) is 0 Å². The fourth-order valence-corrected chi connectivity index (χ4v) is 2.20. The van der Waals surface area contributed by atoms with Gasteiger partial charge in [0, 0.05) is 11.6 Å². The zero-order valence-corrected chi connectivity index (χ0v) is 13.1. The van der Waals surface area contributed by atoms with E-state index in [4.69, 9.17) is 14.2 Å². The fraction of sp³-hybridized carbons (Fsp3) is 0.111. The maximum absolute atomic E-state index is 13.0. The van der Waals surface area contributed by atoms with Crippen LogP contribution in [0.1, 0.15) is 11.1 Å². The Morgan fingerprint density at radius 2 is 1.67 bits per heavy atom. The molecular weight excluding hydrogens is 313 g/mol. The third-order valence-corrected chi connectivity index (χ3v) is 3.39. The highest BCUT2D eigenvalue weighted by molar-refractivity contribution is 6.12. The summed E-state index contributed by atoms with van der Waals surface area (Å²) in [7, 11) is 3.08. The molecule has 0 saturated heterocycles. The summed E-state index contributed by atoms with van der Waals surface area (Å²) >= 11 is 0. The normalized spacial score (nSPS) is 15.2. The molecule has 0 aliphatic carbocycles. The second-order valence-corrected chi connectivity index (χ2v) is 4.99. The number of nitrogens with zero attached hydrogens (tertiary/aromatic N) is 1. The van der Waals surface area contributed by atoms with Gasteiger partial charge in [-0.25, -0.2) is 14.2 Å².